The van der Waals surface area contributed by atoms with E-state index < -0.39 is 0 Å². The minimum Gasteiger partial charge on any atom is -0.356 e. The summed E-state index contributed by atoms with van der Waals surface area (Å²) in [5.74, 6) is -0.0178. The summed E-state index contributed by atoms with van der Waals surface area (Å²) in [6.45, 7) is 3.22. The van der Waals surface area contributed by atoms with E-state index in [1.54, 1.807) is 0 Å². The van der Waals surface area contributed by atoms with Crippen LogP contribution in [0.3, 0.4) is 0 Å². The Morgan fingerprint density at radius 2 is 1.67 bits per heavy atom. The molecule has 0 aliphatic heterocycles. The largest absolute Gasteiger partial charge is 0.356 e. The van der Waals surface area contributed by atoms with Crippen molar-refractivity contribution in [3.63, 3.8) is 0 Å². The third-order valence-electron chi connectivity index (χ3n) is 1.85. The molecule has 0 rings (SSSR count). The van der Waals surface area contributed by atoms with Gasteiger partial charge in [-0.2, -0.15) is 0 Å². The quantitative estimate of drug-likeness (QED) is 0.518. The number of nitrogens with one attached hydrogen (secondary N) is 2. The van der Waals surface area contributed by atoms with Crippen LogP contribution in [-0.2, 0) is 9.59 Å². The number of rotatable bonds is 8. The Labute approximate surface area is 99.3 Å². The standard InChI is InChI=1S/C10H19BrN2O2/c1-2-3-7-12-10(15)5-8-13-9(14)4-6-11/h2-8H2,1H3,(H,12,15)(H,13,14). The molecule has 0 aromatic heterocycles. The van der Waals surface area contributed by atoms with E-state index in [2.05, 4.69) is 33.5 Å². The van der Waals surface area contributed by atoms with Crippen LogP contribution in [0.5, 0.6) is 0 Å². The van der Waals surface area contributed by atoms with Gasteiger partial charge in [-0.25, -0.2) is 0 Å². The molecule has 0 aliphatic rings. The minimum absolute atomic E-state index is 0.00240. The molecule has 0 spiro atoms. The molecular weight excluding hydrogens is 260 g/mol. The van der Waals surface area contributed by atoms with Gasteiger partial charge < -0.3 is 10.6 Å². The number of carbonyl (C=O) groups excluding carboxylic acids is 2. The first-order chi connectivity index (χ1) is 7.20. The van der Waals surface area contributed by atoms with E-state index in [0.717, 1.165) is 19.4 Å². The molecule has 2 amide bonds. The maximum absolute atomic E-state index is 11.2. The third-order valence-corrected chi connectivity index (χ3v) is 2.24. The highest BCUT2D eigenvalue weighted by Crippen LogP contribution is 1.88. The highest BCUT2D eigenvalue weighted by atomic mass is 79.9. The van der Waals surface area contributed by atoms with Crippen LogP contribution in [0.25, 0.3) is 0 Å². The molecule has 0 saturated heterocycles. The second-order valence-electron chi connectivity index (χ2n) is 3.24. The zero-order chi connectivity index (χ0) is 11.5. The Morgan fingerprint density at radius 3 is 2.27 bits per heavy atom. The molecule has 0 fully saturated rings. The SMILES string of the molecule is CCCCNC(=O)CCNC(=O)CCBr. The Morgan fingerprint density at radius 1 is 1.07 bits per heavy atom. The Kier molecular flexibility index (Phi) is 9.57. The normalized spacial score (nSPS) is 9.73. The summed E-state index contributed by atoms with van der Waals surface area (Å²) in [6.07, 6.45) is 2.89. The van der Waals surface area contributed by atoms with Crippen molar-refractivity contribution in [1.29, 1.82) is 0 Å². The summed E-state index contributed by atoms with van der Waals surface area (Å²) in [5, 5.41) is 6.12. The number of amides is 2. The van der Waals surface area contributed by atoms with Crippen LogP contribution in [0.15, 0.2) is 0 Å². The van der Waals surface area contributed by atoms with Gasteiger partial charge in [0.15, 0.2) is 0 Å². The van der Waals surface area contributed by atoms with E-state index >= 15 is 0 Å². The maximum atomic E-state index is 11.2. The lowest BCUT2D eigenvalue weighted by Gasteiger charge is -2.05. The van der Waals surface area contributed by atoms with Gasteiger partial charge in [0.2, 0.25) is 11.8 Å². The summed E-state index contributed by atoms with van der Waals surface area (Å²) in [7, 11) is 0. The zero-order valence-corrected chi connectivity index (χ0v) is 10.7. The van der Waals surface area contributed by atoms with Crippen molar-refractivity contribution in [3.05, 3.63) is 0 Å². The van der Waals surface area contributed by atoms with Crippen molar-refractivity contribution in [3.8, 4) is 0 Å². The smallest absolute Gasteiger partial charge is 0.221 e. The number of halogens is 1. The van der Waals surface area contributed by atoms with Crippen molar-refractivity contribution in [2.45, 2.75) is 32.6 Å². The molecule has 0 aromatic carbocycles. The van der Waals surface area contributed by atoms with Crippen molar-refractivity contribution >= 4 is 27.7 Å². The van der Waals surface area contributed by atoms with Crippen LogP contribution in [0, 0.1) is 0 Å². The van der Waals surface area contributed by atoms with Gasteiger partial charge in [-0.3, -0.25) is 9.59 Å². The maximum Gasteiger partial charge on any atom is 0.221 e. The summed E-state index contributed by atoms with van der Waals surface area (Å²) in [6, 6.07) is 0. The number of hydrogen-bond acceptors (Lipinski definition) is 2. The molecule has 0 saturated carbocycles. The fraction of sp³-hybridized carbons (Fsp3) is 0.800. The lowest BCUT2D eigenvalue weighted by atomic mass is 10.3. The molecule has 0 atom stereocenters. The molecule has 15 heavy (non-hydrogen) atoms. The molecule has 4 nitrogen and oxygen atoms in total. The van der Waals surface area contributed by atoms with Crippen LogP contribution in [-0.4, -0.2) is 30.2 Å². The fourth-order valence-electron chi connectivity index (χ4n) is 0.983. The predicted octanol–water partition coefficient (Wildman–Crippen LogP) is 1.19. The second kappa shape index (κ2) is 9.96. The van der Waals surface area contributed by atoms with Gasteiger partial charge >= 0.3 is 0 Å². The highest BCUT2D eigenvalue weighted by molar-refractivity contribution is 9.09. The van der Waals surface area contributed by atoms with E-state index in [1.165, 1.54) is 0 Å². The third kappa shape index (κ3) is 9.72. The van der Waals surface area contributed by atoms with Crippen LogP contribution >= 0.6 is 15.9 Å². The van der Waals surface area contributed by atoms with Crippen molar-refractivity contribution in [2.24, 2.45) is 0 Å². The number of carbonyl (C=O) groups is 2. The van der Waals surface area contributed by atoms with Crippen LogP contribution in [0.2, 0.25) is 0 Å². The van der Waals surface area contributed by atoms with E-state index in [1.807, 2.05) is 0 Å². The molecular formula is C10H19BrN2O2. The molecule has 88 valence electrons. The Bertz CT molecular complexity index is 198. The van der Waals surface area contributed by atoms with Crippen molar-refractivity contribution in [1.82, 2.24) is 10.6 Å². The van der Waals surface area contributed by atoms with E-state index in [0.29, 0.717) is 24.7 Å². The van der Waals surface area contributed by atoms with Crippen molar-refractivity contribution in [2.75, 3.05) is 18.4 Å². The molecule has 0 radical (unpaired) electrons. The van der Waals surface area contributed by atoms with Gasteiger partial charge in [-0.05, 0) is 6.42 Å². The second-order valence-corrected chi connectivity index (χ2v) is 4.04. The fourth-order valence-corrected chi connectivity index (χ4v) is 1.34. The molecule has 0 unspecified atom stereocenters. The average molecular weight is 279 g/mol. The molecule has 5 heteroatoms. The van der Waals surface area contributed by atoms with Crippen LogP contribution < -0.4 is 10.6 Å². The van der Waals surface area contributed by atoms with Crippen LogP contribution in [0.1, 0.15) is 32.6 Å². The molecule has 0 aromatic rings. The van der Waals surface area contributed by atoms with Gasteiger partial charge in [-0.1, -0.05) is 29.3 Å². The molecule has 2 N–H and O–H groups in total. The topological polar surface area (TPSA) is 58.2 Å². The van der Waals surface area contributed by atoms with Gasteiger partial charge in [0.1, 0.15) is 0 Å². The van der Waals surface area contributed by atoms with Gasteiger partial charge in [0.05, 0.1) is 0 Å². The van der Waals surface area contributed by atoms with Crippen molar-refractivity contribution < 1.29 is 9.59 Å². The first-order valence-electron chi connectivity index (χ1n) is 5.30. The first-order valence-corrected chi connectivity index (χ1v) is 6.42. The minimum atomic E-state index is -0.0202. The van der Waals surface area contributed by atoms with E-state index in [4.69, 9.17) is 0 Å². The number of alkyl halides is 1. The lowest BCUT2D eigenvalue weighted by Crippen LogP contribution is -2.31. The van der Waals surface area contributed by atoms with Gasteiger partial charge in [0, 0.05) is 31.3 Å². The monoisotopic (exact) mass is 278 g/mol. The summed E-state index contributed by atoms with van der Waals surface area (Å²) in [4.78, 5) is 22.2. The Hall–Kier alpha value is -0.580. The van der Waals surface area contributed by atoms with Gasteiger partial charge in [0.25, 0.3) is 0 Å². The average Bonchev–Trinajstić information content (AvgIpc) is 2.18. The molecule has 0 bridgehead atoms. The highest BCUT2D eigenvalue weighted by Gasteiger charge is 2.02. The number of unbranched alkanes of at least 4 members (excludes halogenated alkanes) is 1. The summed E-state index contributed by atoms with van der Waals surface area (Å²) in [5.41, 5.74) is 0. The summed E-state index contributed by atoms with van der Waals surface area (Å²) < 4.78 is 0. The molecule has 0 heterocycles. The number of hydrogen-bond donors (Lipinski definition) is 2. The summed E-state index contributed by atoms with van der Waals surface area (Å²) >= 11 is 3.17. The zero-order valence-electron chi connectivity index (χ0n) is 9.14. The van der Waals surface area contributed by atoms with E-state index in [9.17, 15) is 9.59 Å². The van der Waals surface area contributed by atoms with Crippen LogP contribution in [0.4, 0.5) is 0 Å². The first kappa shape index (κ1) is 14.4. The Balaban J connectivity index is 3.34. The molecule has 0 aliphatic carbocycles. The van der Waals surface area contributed by atoms with E-state index in [-0.39, 0.29) is 11.8 Å². The van der Waals surface area contributed by atoms with Gasteiger partial charge in [-0.15, -0.1) is 0 Å². The predicted molar refractivity (Wildman–Crippen MR) is 64.0 cm³/mol. The lowest BCUT2D eigenvalue weighted by molar-refractivity contribution is -0.122.